The summed E-state index contributed by atoms with van der Waals surface area (Å²) in [5.74, 6) is -0.0428. The lowest BCUT2D eigenvalue weighted by atomic mass is 9.93. The second kappa shape index (κ2) is 8.07. The van der Waals surface area contributed by atoms with E-state index in [1.54, 1.807) is 0 Å². The largest absolute Gasteiger partial charge is 0.451 e. The van der Waals surface area contributed by atoms with Crippen LogP contribution in [0.2, 0.25) is 0 Å². The highest BCUT2D eigenvalue weighted by atomic mass is 32.2. The van der Waals surface area contributed by atoms with E-state index in [4.69, 9.17) is 9.56 Å². The summed E-state index contributed by atoms with van der Waals surface area (Å²) >= 11 is 0. The van der Waals surface area contributed by atoms with Gasteiger partial charge in [0, 0.05) is 11.3 Å². The first kappa shape index (κ1) is 22.0. The summed E-state index contributed by atoms with van der Waals surface area (Å²) in [4.78, 5) is 13.4. The Bertz CT molecular complexity index is 1110. The Balaban J connectivity index is 1.76. The van der Waals surface area contributed by atoms with Crippen LogP contribution in [0, 0.1) is 5.92 Å². The zero-order valence-corrected chi connectivity index (χ0v) is 18.8. The molecule has 1 heterocycles. The zero-order valence-electron chi connectivity index (χ0n) is 18.0. The molecule has 2 aliphatic rings. The van der Waals surface area contributed by atoms with Gasteiger partial charge >= 0.3 is 0 Å². The second-order valence-corrected chi connectivity index (χ2v) is 10.8. The third-order valence-electron chi connectivity index (χ3n) is 6.49. The molecule has 2 aliphatic carbocycles. The van der Waals surface area contributed by atoms with Crippen molar-refractivity contribution in [3.8, 4) is 0 Å². The number of carbonyl (C=O) groups is 1. The van der Waals surface area contributed by atoms with E-state index >= 15 is 0 Å². The van der Waals surface area contributed by atoms with Crippen molar-refractivity contribution in [2.45, 2.75) is 75.9 Å². The number of nitrogens with one attached hydrogen (secondary N) is 1. The van der Waals surface area contributed by atoms with E-state index < -0.39 is 26.6 Å². The monoisotopic (exact) mass is 446 g/mol. The SMILES string of the molecule is CC(C)(O)c1coc(S(N)(=O)=O)c1C(=O)Nc1c(CC2CCCC2)ccc2c1CCC2. The van der Waals surface area contributed by atoms with E-state index in [1.165, 1.54) is 45.1 Å². The average molecular weight is 447 g/mol. The Morgan fingerprint density at radius 1 is 1.23 bits per heavy atom. The number of aryl methyl sites for hydroxylation is 1. The quantitative estimate of drug-likeness (QED) is 0.625. The van der Waals surface area contributed by atoms with Crippen LogP contribution in [0.3, 0.4) is 0 Å². The van der Waals surface area contributed by atoms with E-state index in [-0.39, 0.29) is 11.1 Å². The fourth-order valence-corrected chi connectivity index (χ4v) is 5.63. The molecule has 0 aliphatic heterocycles. The first-order chi connectivity index (χ1) is 14.6. The summed E-state index contributed by atoms with van der Waals surface area (Å²) in [6, 6.07) is 4.24. The number of fused-ring (bicyclic) bond motifs is 1. The number of aliphatic hydroxyl groups is 1. The minimum atomic E-state index is -4.29. The smallest absolute Gasteiger partial charge is 0.272 e. The van der Waals surface area contributed by atoms with Gasteiger partial charge in [-0.3, -0.25) is 4.79 Å². The molecule has 4 N–H and O–H groups in total. The number of sulfonamides is 1. The molecule has 1 aromatic carbocycles. The number of furan rings is 1. The Morgan fingerprint density at radius 3 is 2.58 bits per heavy atom. The predicted molar refractivity (Wildman–Crippen MR) is 117 cm³/mol. The average Bonchev–Trinajstić information content (AvgIpc) is 3.42. The summed E-state index contributed by atoms with van der Waals surface area (Å²) in [5.41, 5.74) is 2.55. The van der Waals surface area contributed by atoms with Crippen molar-refractivity contribution in [1.29, 1.82) is 0 Å². The summed E-state index contributed by atoms with van der Waals surface area (Å²) < 4.78 is 29.3. The van der Waals surface area contributed by atoms with Crippen molar-refractivity contribution in [2.24, 2.45) is 11.1 Å². The predicted octanol–water partition coefficient (Wildman–Crippen LogP) is 3.63. The maximum absolute atomic E-state index is 13.4. The van der Waals surface area contributed by atoms with E-state index in [9.17, 15) is 18.3 Å². The maximum Gasteiger partial charge on any atom is 0.272 e. The minimum Gasteiger partial charge on any atom is -0.451 e. The summed E-state index contributed by atoms with van der Waals surface area (Å²) in [7, 11) is -4.29. The number of primary sulfonamides is 1. The fraction of sp³-hybridized carbons (Fsp3) is 0.522. The first-order valence-corrected chi connectivity index (χ1v) is 12.4. The van der Waals surface area contributed by atoms with Gasteiger partial charge in [-0.1, -0.05) is 37.8 Å². The summed E-state index contributed by atoms with van der Waals surface area (Å²) in [5, 5.41) is 18.1. The molecular weight excluding hydrogens is 416 g/mol. The Hall–Kier alpha value is -2.16. The highest BCUT2D eigenvalue weighted by Crippen LogP contribution is 2.37. The molecule has 31 heavy (non-hydrogen) atoms. The summed E-state index contributed by atoms with van der Waals surface area (Å²) in [6.07, 6.45) is 9.67. The van der Waals surface area contributed by atoms with E-state index in [0.29, 0.717) is 5.92 Å². The second-order valence-electron chi connectivity index (χ2n) is 9.32. The number of benzene rings is 1. The number of hydrogen-bond acceptors (Lipinski definition) is 5. The lowest BCUT2D eigenvalue weighted by molar-refractivity contribution is 0.0754. The molecular formula is C23H30N2O5S. The molecule has 1 amide bonds. The minimum absolute atomic E-state index is 0.0824. The first-order valence-electron chi connectivity index (χ1n) is 10.9. The van der Waals surface area contributed by atoms with Crippen LogP contribution in [-0.4, -0.2) is 19.4 Å². The molecule has 0 radical (unpaired) electrons. The number of amides is 1. The van der Waals surface area contributed by atoms with E-state index in [0.717, 1.165) is 48.8 Å². The highest BCUT2D eigenvalue weighted by molar-refractivity contribution is 7.89. The number of carbonyl (C=O) groups excluding carboxylic acids is 1. The number of rotatable bonds is 6. The van der Waals surface area contributed by atoms with Crippen LogP contribution in [-0.2, 0) is 34.9 Å². The Labute approximate surface area is 183 Å². The fourth-order valence-electron chi connectivity index (χ4n) is 4.96. The van der Waals surface area contributed by atoms with Crippen molar-refractivity contribution < 1.29 is 22.7 Å². The van der Waals surface area contributed by atoms with Crippen LogP contribution in [0.1, 0.15) is 78.6 Å². The molecule has 0 atom stereocenters. The molecule has 1 saturated carbocycles. The molecule has 2 aromatic rings. The van der Waals surface area contributed by atoms with Crippen molar-refractivity contribution in [3.05, 3.63) is 46.2 Å². The van der Waals surface area contributed by atoms with Gasteiger partial charge in [0.25, 0.3) is 15.9 Å². The van der Waals surface area contributed by atoms with Crippen LogP contribution < -0.4 is 10.5 Å². The topological polar surface area (TPSA) is 123 Å². The van der Waals surface area contributed by atoms with Crippen molar-refractivity contribution in [1.82, 2.24) is 0 Å². The molecule has 168 valence electrons. The highest BCUT2D eigenvalue weighted by Gasteiger charge is 2.35. The molecule has 1 aromatic heterocycles. The Kier molecular flexibility index (Phi) is 5.74. The van der Waals surface area contributed by atoms with Crippen LogP contribution >= 0.6 is 0 Å². The van der Waals surface area contributed by atoms with Crippen LogP contribution in [0.15, 0.2) is 27.9 Å². The van der Waals surface area contributed by atoms with Crippen molar-refractivity contribution in [2.75, 3.05) is 5.32 Å². The van der Waals surface area contributed by atoms with Gasteiger partial charge in [0.15, 0.2) is 0 Å². The molecule has 0 bridgehead atoms. The Morgan fingerprint density at radius 2 is 1.94 bits per heavy atom. The van der Waals surface area contributed by atoms with Crippen LogP contribution in [0.5, 0.6) is 0 Å². The van der Waals surface area contributed by atoms with Gasteiger partial charge < -0.3 is 14.8 Å². The normalized spacial score (nSPS) is 17.2. The molecule has 0 unspecified atom stereocenters. The third-order valence-corrected chi connectivity index (χ3v) is 7.31. The molecule has 8 heteroatoms. The standard InChI is InChI=1S/C23H30N2O5S/c1-23(2,27)18-13-30-22(31(24,28)29)19(18)21(26)25-20-16(12-14-6-3-4-7-14)11-10-15-8-5-9-17(15)20/h10-11,13-14,27H,3-9,12H2,1-2H3,(H,25,26)(H2,24,28,29). The summed E-state index contributed by atoms with van der Waals surface area (Å²) in [6.45, 7) is 2.93. The van der Waals surface area contributed by atoms with Gasteiger partial charge in [0.05, 0.1) is 11.9 Å². The molecule has 1 fully saturated rings. The maximum atomic E-state index is 13.4. The molecule has 0 spiro atoms. The van der Waals surface area contributed by atoms with Crippen molar-refractivity contribution in [3.63, 3.8) is 0 Å². The lowest BCUT2D eigenvalue weighted by Gasteiger charge is -2.20. The third kappa shape index (κ3) is 4.42. The molecule has 0 saturated heterocycles. The number of hydrogen-bond donors (Lipinski definition) is 3. The van der Waals surface area contributed by atoms with Crippen LogP contribution in [0.25, 0.3) is 0 Å². The lowest BCUT2D eigenvalue weighted by Crippen LogP contribution is -2.25. The van der Waals surface area contributed by atoms with Crippen LogP contribution in [0.4, 0.5) is 5.69 Å². The zero-order chi connectivity index (χ0) is 22.4. The number of anilines is 1. The van der Waals surface area contributed by atoms with Crippen molar-refractivity contribution >= 4 is 21.6 Å². The molecule has 4 rings (SSSR count). The molecule has 7 nitrogen and oxygen atoms in total. The van der Waals surface area contributed by atoms with E-state index in [1.807, 2.05) is 0 Å². The van der Waals surface area contributed by atoms with Gasteiger partial charge in [-0.2, -0.15) is 0 Å². The van der Waals surface area contributed by atoms with Gasteiger partial charge in [0.1, 0.15) is 5.56 Å². The number of nitrogens with two attached hydrogens (primary N) is 1. The van der Waals surface area contributed by atoms with Gasteiger partial charge in [-0.05, 0) is 62.1 Å². The van der Waals surface area contributed by atoms with Gasteiger partial charge in [-0.25, -0.2) is 13.6 Å². The van der Waals surface area contributed by atoms with Gasteiger partial charge in [-0.15, -0.1) is 0 Å². The van der Waals surface area contributed by atoms with E-state index in [2.05, 4.69) is 17.4 Å². The van der Waals surface area contributed by atoms with Gasteiger partial charge in [0.2, 0.25) is 5.09 Å².